The summed E-state index contributed by atoms with van der Waals surface area (Å²) in [7, 11) is 4.09. The Kier molecular flexibility index (Phi) is 6.88. The van der Waals surface area contributed by atoms with Gasteiger partial charge in [0.1, 0.15) is 0 Å². The van der Waals surface area contributed by atoms with Crippen LogP contribution < -0.4 is 5.32 Å². The number of hydrogen-bond donors (Lipinski definition) is 1. The number of benzene rings is 1. The quantitative estimate of drug-likeness (QED) is 0.796. The Balaban J connectivity index is 1.23. The van der Waals surface area contributed by atoms with Crippen molar-refractivity contribution in [2.24, 2.45) is 5.92 Å². The van der Waals surface area contributed by atoms with Gasteiger partial charge in [0.05, 0.1) is 5.92 Å². The Morgan fingerprint density at radius 2 is 1.69 bits per heavy atom. The highest BCUT2D eigenvalue weighted by Gasteiger charge is 2.34. The number of carbonyl (C=O) groups is 1. The average molecular weight is 399 g/mol. The first kappa shape index (κ1) is 20.8. The normalized spacial score (nSPS) is 24.7. The molecule has 29 heavy (non-hydrogen) atoms. The topological polar surface area (TPSA) is 38.8 Å². The molecular formula is C24H38N4O. The van der Waals surface area contributed by atoms with Gasteiger partial charge in [-0.2, -0.15) is 0 Å². The van der Waals surface area contributed by atoms with Gasteiger partial charge in [-0.25, -0.2) is 0 Å². The molecule has 1 aromatic rings. The zero-order valence-electron chi connectivity index (χ0n) is 18.3. The van der Waals surface area contributed by atoms with Gasteiger partial charge in [-0.1, -0.05) is 24.3 Å². The third kappa shape index (κ3) is 5.19. The molecule has 2 aliphatic heterocycles. The van der Waals surface area contributed by atoms with Crippen molar-refractivity contribution in [2.75, 3.05) is 53.4 Å². The van der Waals surface area contributed by atoms with Gasteiger partial charge in [-0.05, 0) is 83.4 Å². The molecule has 4 rings (SSSR count). The van der Waals surface area contributed by atoms with E-state index in [1.54, 1.807) is 11.1 Å². The number of hydrogen-bond acceptors (Lipinski definition) is 4. The molecule has 0 spiro atoms. The Bertz CT molecular complexity index is 658. The fraction of sp³-hybridized carbons (Fsp3) is 0.708. The van der Waals surface area contributed by atoms with E-state index in [1.807, 2.05) is 14.1 Å². The average Bonchev–Trinajstić information content (AvgIpc) is 3.18. The van der Waals surface area contributed by atoms with Crippen LogP contribution in [0.5, 0.6) is 0 Å². The standard InChI is InChI=1S/C24H38N4O/c1-26(2)15-11-25-24(29)21-8-5-12-28(18-21)22-9-13-27(14-10-22)23-16-19-6-3-4-7-20(19)17-23/h3-4,6-7,21-23H,5,8-18H2,1-2H3,(H,25,29). The summed E-state index contributed by atoms with van der Waals surface area (Å²) in [5, 5.41) is 3.14. The Hall–Kier alpha value is -1.43. The zero-order valence-corrected chi connectivity index (χ0v) is 18.3. The van der Waals surface area contributed by atoms with Crippen molar-refractivity contribution in [1.82, 2.24) is 20.0 Å². The molecule has 1 amide bonds. The summed E-state index contributed by atoms with van der Waals surface area (Å²) in [4.78, 5) is 20.0. The van der Waals surface area contributed by atoms with Crippen LogP contribution in [-0.4, -0.2) is 86.1 Å². The number of nitrogens with zero attached hydrogens (tertiary/aromatic N) is 3. The first-order chi connectivity index (χ1) is 14.1. The number of likely N-dealkylation sites (N-methyl/N-ethyl adjacent to an activating group) is 1. The lowest BCUT2D eigenvalue weighted by Gasteiger charge is -2.43. The van der Waals surface area contributed by atoms with E-state index in [-0.39, 0.29) is 11.8 Å². The van der Waals surface area contributed by atoms with E-state index in [1.165, 1.54) is 45.3 Å². The number of piperidine rings is 2. The summed E-state index contributed by atoms with van der Waals surface area (Å²) in [5.74, 6) is 0.436. The summed E-state index contributed by atoms with van der Waals surface area (Å²) in [6.45, 7) is 6.20. The van der Waals surface area contributed by atoms with Gasteiger partial charge >= 0.3 is 0 Å². The maximum absolute atomic E-state index is 12.6. The van der Waals surface area contributed by atoms with E-state index >= 15 is 0 Å². The predicted molar refractivity (Wildman–Crippen MR) is 118 cm³/mol. The Morgan fingerprint density at radius 3 is 2.34 bits per heavy atom. The van der Waals surface area contributed by atoms with Crippen LogP contribution in [-0.2, 0) is 17.6 Å². The van der Waals surface area contributed by atoms with E-state index < -0.39 is 0 Å². The molecular weight excluding hydrogens is 360 g/mol. The van der Waals surface area contributed by atoms with Crippen LogP contribution >= 0.6 is 0 Å². The summed E-state index contributed by atoms with van der Waals surface area (Å²) in [6.07, 6.45) is 7.15. The molecule has 1 aromatic carbocycles. The van der Waals surface area contributed by atoms with Gasteiger partial charge in [0.15, 0.2) is 0 Å². The maximum atomic E-state index is 12.6. The van der Waals surface area contributed by atoms with E-state index in [0.717, 1.165) is 32.5 Å². The second kappa shape index (κ2) is 9.59. The van der Waals surface area contributed by atoms with Crippen LogP contribution in [0.15, 0.2) is 24.3 Å². The smallest absolute Gasteiger partial charge is 0.224 e. The second-order valence-corrected chi connectivity index (χ2v) is 9.53. The molecule has 1 atom stereocenters. The van der Waals surface area contributed by atoms with E-state index in [4.69, 9.17) is 0 Å². The Labute approximate surface area is 176 Å². The number of nitrogens with one attached hydrogen (secondary N) is 1. The second-order valence-electron chi connectivity index (χ2n) is 9.53. The van der Waals surface area contributed by atoms with Crippen LogP contribution in [0.1, 0.15) is 36.8 Å². The van der Waals surface area contributed by atoms with Crippen molar-refractivity contribution in [3.8, 4) is 0 Å². The lowest BCUT2D eigenvalue weighted by atomic mass is 9.92. The highest BCUT2D eigenvalue weighted by atomic mass is 16.1. The van der Waals surface area contributed by atoms with Gasteiger partial charge in [0.2, 0.25) is 5.91 Å². The molecule has 1 aliphatic carbocycles. The SMILES string of the molecule is CN(C)CCNC(=O)C1CCCN(C2CCN(C3Cc4ccccc4C3)CC2)C1. The summed E-state index contributed by atoms with van der Waals surface area (Å²) in [5.41, 5.74) is 3.11. The van der Waals surface area contributed by atoms with Crippen molar-refractivity contribution in [2.45, 2.75) is 50.6 Å². The maximum Gasteiger partial charge on any atom is 0.224 e. The van der Waals surface area contributed by atoms with Crippen LogP contribution in [0, 0.1) is 5.92 Å². The van der Waals surface area contributed by atoms with Gasteiger partial charge in [-0.15, -0.1) is 0 Å². The fourth-order valence-electron chi connectivity index (χ4n) is 5.51. The van der Waals surface area contributed by atoms with Crippen molar-refractivity contribution < 1.29 is 4.79 Å². The highest BCUT2D eigenvalue weighted by molar-refractivity contribution is 5.78. The molecule has 2 saturated heterocycles. The molecule has 5 heteroatoms. The van der Waals surface area contributed by atoms with Crippen LogP contribution in [0.2, 0.25) is 0 Å². The minimum atomic E-state index is 0.174. The third-order valence-electron chi connectivity index (χ3n) is 7.24. The number of fused-ring (bicyclic) bond motifs is 1. The first-order valence-electron chi connectivity index (χ1n) is 11.6. The molecule has 0 aromatic heterocycles. The van der Waals surface area contributed by atoms with Gasteiger partial charge in [0, 0.05) is 31.7 Å². The van der Waals surface area contributed by atoms with Crippen molar-refractivity contribution in [3.63, 3.8) is 0 Å². The molecule has 5 nitrogen and oxygen atoms in total. The zero-order chi connectivity index (χ0) is 20.2. The molecule has 0 bridgehead atoms. The highest BCUT2D eigenvalue weighted by Crippen LogP contribution is 2.29. The molecule has 0 radical (unpaired) electrons. The van der Waals surface area contributed by atoms with Crippen molar-refractivity contribution in [3.05, 3.63) is 35.4 Å². The molecule has 2 heterocycles. The van der Waals surface area contributed by atoms with E-state index in [9.17, 15) is 4.79 Å². The molecule has 0 saturated carbocycles. The molecule has 3 aliphatic rings. The van der Waals surface area contributed by atoms with E-state index in [2.05, 4.69) is 44.3 Å². The van der Waals surface area contributed by atoms with Crippen LogP contribution in [0.4, 0.5) is 0 Å². The Morgan fingerprint density at radius 1 is 1.00 bits per heavy atom. The minimum Gasteiger partial charge on any atom is -0.355 e. The largest absolute Gasteiger partial charge is 0.355 e. The van der Waals surface area contributed by atoms with E-state index in [0.29, 0.717) is 12.1 Å². The number of carbonyl (C=O) groups excluding carboxylic acids is 1. The van der Waals surface area contributed by atoms with Gasteiger partial charge < -0.3 is 10.2 Å². The number of amides is 1. The molecule has 1 unspecified atom stereocenters. The summed E-state index contributed by atoms with van der Waals surface area (Å²) >= 11 is 0. The number of rotatable bonds is 6. The fourth-order valence-corrected chi connectivity index (χ4v) is 5.51. The lowest BCUT2D eigenvalue weighted by molar-refractivity contribution is -0.127. The lowest BCUT2D eigenvalue weighted by Crippen LogP contribution is -2.52. The summed E-state index contributed by atoms with van der Waals surface area (Å²) < 4.78 is 0. The van der Waals surface area contributed by atoms with Crippen molar-refractivity contribution in [1.29, 1.82) is 0 Å². The monoisotopic (exact) mass is 398 g/mol. The molecule has 160 valence electrons. The predicted octanol–water partition coefficient (Wildman–Crippen LogP) is 2.01. The minimum absolute atomic E-state index is 0.174. The van der Waals surface area contributed by atoms with Gasteiger partial charge in [-0.3, -0.25) is 14.6 Å². The number of likely N-dealkylation sites (tertiary alicyclic amines) is 2. The van der Waals surface area contributed by atoms with Crippen LogP contribution in [0.3, 0.4) is 0 Å². The molecule has 1 N–H and O–H groups in total. The van der Waals surface area contributed by atoms with Crippen LogP contribution in [0.25, 0.3) is 0 Å². The van der Waals surface area contributed by atoms with Gasteiger partial charge in [0.25, 0.3) is 0 Å². The molecule has 2 fully saturated rings. The summed E-state index contributed by atoms with van der Waals surface area (Å²) in [6, 6.07) is 10.3. The third-order valence-corrected chi connectivity index (χ3v) is 7.24. The van der Waals surface area contributed by atoms with Crippen molar-refractivity contribution >= 4 is 5.91 Å². The first-order valence-corrected chi connectivity index (χ1v) is 11.6.